The lowest BCUT2D eigenvalue weighted by molar-refractivity contribution is -0.116. The van der Waals surface area contributed by atoms with Crippen LogP contribution in [0.3, 0.4) is 0 Å². The van der Waals surface area contributed by atoms with E-state index in [-0.39, 0.29) is 5.78 Å². The lowest BCUT2D eigenvalue weighted by Gasteiger charge is -2.08. The summed E-state index contributed by atoms with van der Waals surface area (Å²) in [5, 5.41) is 0.658. The number of rotatable bonds is 4. The van der Waals surface area contributed by atoms with Crippen molar-refractivity contribution in [2.75, 3.05) is 7.11 Å². The van der Waals surface area contributed by atoms with Gasteiger partial charge in [0.2, 0.25) is 0 Å². The van der Waals surface area contributed by atoms with Crippen LogP contribution in [0, 0.1) is 0 Å². The van der Waals surface area contributed by atoms with Crippen LogP contribution in [-0.4, -0.2) is 12.9 Å². The zero-order chi connectivity index (χ0) is 10.6. The molecule has 0 aliphatic rings. The van der Waals surface area contributed by atoms with E-state index in [0.29, 0.717) is 17.9 Å². The van der Waals surface area contributed by atoms with Crippen LogP contribution in [-0.2, 0) is 11.2 Å². The van der Waals surface area contributed by atoms with E-state index in [1.165, 1.54) is 0 Å². The van der Waals surface area contributed by atoms with Crippen LogP contribution in [0.4, 0.5) is 0 Å². The van der Waals surface area contributed by atoms with E-state index in [1.54, 1.807) is 20.1 Å². The molecule has 0 saturated heterocycles. The van der Waals surface area contributed by atoms with Gasteiger partial charge in [-0.05, 0) is 25.5 Å². The second kappa shape index (κ2) is 5.01. The van der Waals surface area contributed by atoms with Gasteiger partial charge in [-0.2, -0.15) is 0 Å². The smallest absolute Gasteiger partial charge is 0.130 e. The van der Waals surface area contributed by atoms with E-state index in [4.69, 9.17) is 16.3 Å². The number of benzene rings is 1. The molecule has 3 heteroatoms. The van der Waals surface area contributed by atoms with Crippen molar-refractivity contribution in [3.63, 3.8) is 0 Å². The molecule has 0 fully saturated rings. The molecule has 0 atom stereocenters. The van der Waals surface area contributed by atoms with Crippen LogP contribution in [0.1, 0.15) is 18.9 Å². The topological polar surface area (TPSA) is 26.3 Å². The fraction of sp³-hybridized carbons (Fsp3) is 0.364. The molecule has 0 aliphatic carbocycles. The summed E-state index contributed by atoms with van der Waals surface area (Å²) in [5.41, 5.74) is 0.909. The first-order chi connectivity index (χ1) is 6.65. The highest BCUT2D eigenvalue weighted by atomic mass is 35.5. The molecule has 14 heavy (non-hydrogen) atoms. The Morgan fingerprint density at radius 2 is 2.21 bits per heavy atom. The van der Waals surface area contributed by atoms with Gasteiger partial charge in [0, 0.05) is 17.0 Å². The van der Waals surface area contributed by atoms with Gasteiger partial charge in [0.15, 0.2) is 0 Å². The Morgan fingerprint density at radius 1 is 1.50 bits per heavy atom. The van der Waals surface area contributed by atoms with Crippen molar-refractivity contribution in [1.29, 1.82) is 0 Å². The van der Waals surface area contributed by atoms with Gasteiger partial charge in [-0.15, -0.1) is 0 Å². The quantitative estimate of drug-likeness (QED) is 0.767. The summed E-state index contributed by atoms with van der Waals surface area (Å²) in [5.74, 6) is 0.908. The van der Waals surface area contributed by atoms with Crippen LogP contribution in [0.2, 0.25) is 5.02 Å². The van der Waals surface area contributed by atoms with Gasteiger partial charge in [0.25, 0.3) is 0 Å². The van der Waals surface area contributed by atoms with Gasteiger partial charge < -0.3 is 9.53 Å². The number of methoxy groups -OCH3 is 1. The minimum absolute atomic E-state index is 0.159. The van der Waals surface area contributed by atoms with Crippen LogP contribution < -0.4 is 4.74 Å². The first-order valence-corrected chi connectivity index (χ1v) is 4.83. The van der Waals surface area contributed by atoms with E-state index in [2.05, 4.69) is 0 Å². The van der Waals surface area contributed by atoms with Crippen molar-refractivity contribution in [3.05, 3.63) is 28.8 Å². The van der Waals surface area contributed by atoms with Crippen molar-refractivity contribution in [3.8, 4) is 5.75 Å². The molecular weight excluding hydrogens is 200 g/mol. The number of ether oxygens (including phenoxy) is 1. The Labute approximate surface area is 88.8 Å². The zero-order valence-corrected chi connectivity index (χ0v) is 9.10. The molecule has 2 nitrogen and oxygen atoms in total. The molecule has 0 aliphatic heterocycles. The van der Waals surface area contributed by atoms with Gasteiger partial charge in [0.05, 0.1) is 7.11 Å². The summed E-state index contributed by atoms with van der Waals surface area (Å²) in [7, 11) is 1.60. The molecule has 0 radical (unpaired) electrons. The molecule has 1 aromatic rings. The summed E-state index contributed by atoms with van der Waals surface area (Å²) < 4.78 is 5.16. The van der Waals surface area contributed by atoms with Crippen molar-refractivity contribution >= 4 is 17.4 Å². The molecule has 0 saturated carbocycles. The van der Waals surface area contributed by atoms with Crippen LogP contribution in [0.5, 0.6) is 5.75 Å². The first-order valence-electron chi connectivity index (χ1n) is 4.46. The molecule has 0 amide bonds. The lowest BCUT2D eigenvalue weighted by atomic mass is 10.1. The molecule has 0 spiro atoms. The standard InChI is InChI=1S/C11H13ClO2/c1-8(13)6-7-9-10(12)4-3-5-11(9)14-2/h3-5H,6-7H2,1-2H3. The normalized spacial score (nSPS) is 9.93. The number of ketones is 1. The number of carbonyl (C=O) groups is 1. The molecular formula is C11H13ClO2. The first kappa shape index (κ1) is 11.1. The van der Waals surface area contributed by atoms with E-state index < -0.39 is 0 Å². The van der Waals surface area contributed by atoms with E-state index in [9.17, 15) is 4.79 Å². The van der Waals surface area contributed by atoms with Gasteiger partial charge >= 0.3 is 0 Å². The van der Waals surface area contributed by atoms with Gasteiger partial charge in [-0.3, -0.25) is 0 Å². The van der Waals surface area contributed by atoms with Gasteiger partial charge in [-0.25, -0.2) is 0 Å². The van der Waals surface area contributed by atoms with E-state index in [1.807, 2.05) is 12.1 Å². The third-order valence-electron chi connectivity index (χ3n) is 2.02. The monoisotopic (exact) mass is 212 g/mol. The molecule has 76 valence electrons. The summed E-state index contributed by atoms with van der Waals surface area (Å²) >= 11 is 6.00. The summed E-state index contributed by atoms with van der Waals surface area (Å²) in [6.45, 7) is 1.57. The molecule has 0 N–H and O–H groups in total. The Morgan fingerprint density at radius 3 is 2.79 bits per heavy atom. The maximum absolute atomic E-state index is 10.8. The van der Waals surface area contributed by atoms with Crippen LogP contribution in [0.25, 0.3) is 0 Å². The van der Waals surface area contributed by atoms with E-state index >= 15 is 0 Å². The van der Waals surface area contributed by atoms with Crippen molar-refractivity contribution < 1.29 is 9.53 Å². The summed E-state index contributed by atoms with van der Waals surface area (Å²) in [4.78, 5) is 10.8. The number of halogens is 1. The Kier molecular flexibility index (Phi) is 3.96. The van der Waals surface area contributed by atoms with Gasteiger partial charge in [-0.1, -0.05) is 17.7 Å². The number of carbonyl (C=O) groups excluding carboxylic acids is 1. The van der Waals surface area contributed by atoms with Crippen molar-refractivity contribution in [2.45, 2.75) is 19.8 Å². The van der Waals surface area contributed by atoms with Crippen molar-refractivity contribution in [2.24, 2.45) is 0 Å². The fourth-order valence-electron chi connectivity index (χ4n) is 1.27. The summed E-state index contributed by atoms with van der Waals surface area (Å²) in [6.07, 6.45) is 1.14. The average Bonchev–Trinajstić information content (AvgIpc) is 2.15. The second-order valence-corrected chi connectivity index (χ2v) is 3.53. The van der Waals surface area contributed by atoms with Gasteiger partial charge in [0.1, 0.15) is 11.5 Å². The molecule has 0 unspecified atom stereocenters. The third kappa shape index (κ3) is 2.74. The molecule has 0 heterocycles. The fourth-order valence-corrected chi connectivity index (χ4v) is 1.53. The molecule has 1 aromatic carbocycles. The molecule has 0 bridgehead atoms. The van der Waals surface area contributed by atoms with Crippen LogP contribution in [0.15, 0.2) is 18.2 Å². The predicted octanol–water partition coefficient (Wildman–Crippen LogP) is 2.87. The van der Waals surface area contributed by atoms with E-state index in [0.717, 1.165) is 11.3 Å². The Balaban J connectivity index is 2.87. The third-order valence-corrected chi connectivity index (χ3v) is 2.38. The highest BCUT2D eigenvalue weighted by Crippen LogP contribution is 2.27. The largest absolute Gasteiger partial charge is 0.496 e. The molecule has 1 rings (SSSR count). The number of hydrogen-bond donors (Lipinski definition) is 0. The highest BCUT2D eigenvalue weighted by Gasteiger charge is 2.07. The minimum Gasteiger partial charge on any atom is -0.496 e. The minimum atomic E-state index is 0.159. The number of Topliss-reactive ketones (excluding diaryl/α,β-unsaturated/α-hetero) is 1. The summed E-state index contributed by atoms with van der Waals surface area (Å²) in [6, 6.07) is 5.49. The Bertz CT molecular complexity index is 334. The zero-order valence-electron chi connectivity index (χ0n) is 8.34. The lowest BCUT2D eigenvalue weighted by Crippen LogP contribution is -1.97. The highest BCUT2D eigenvalue weighted by molar-refractivity contribution is 6.31. The van der Waals surface area contributed by atoms with Crippen LogP contribution >= 0.6 is 11.6 Å². The van der Waals surface area contributed by atoms with Crippen molar-refractivity contribution in [1.82, 2.24) is 0 Å². The number of hydrogen-bond acceptors (Lipinski definition) is 2. The molecule has 0 aromatic heterocycles. The average molecular weight is 213 g/mol. The second-order valence-electron chi connectivity index (χ2n) is 3.12. The maximum atomic E-state index is 10.8. The maximum Gasteiger partial charge on any atom is 0.130 e. The predicted molar refractivity (Wildman–Crippen MR) is 57.0 cm³/mol. The SMILES string of the molecule is COc1cccc(Cl)c1CCC(C)=O. The Hall–Kier alpha value is -1.02.